The van der Waals surface area contributed by atoms with Gasteiger partial charge in [0.15, 0.2) is 23.9 Å². The van der Waals surface area contributed by atoms with Crippen molar-refractivity contribution in [1.29, 1.82) is 0 Å². The maximum absolute atomic E-state index is 13.9. The number of carboxylic acids is 1. The van der Waals surface area contributed by atoms with Gasteiger partial charge in [-0.15, -0.1) is 0 Å². The molecule has 3 heterocycles. The number of carbonyl (C=O) groups excluding carboxylic acids is 1. The largest absolute Gasteiger partial charge is 0.481 e. The van der Waals surface area contributed by atoms with E-state index in [1.807, 2.05) is 53.2 Å². The predicted octanol–water partition coefficient (Wildman–Crippen LogP) is 3.86. The van der Waals surface area contributed by atoms with E-state index in [9.17, 15) is 19.8 Å². The molecule has 2 aliphatic rings. The lowest BCUT2D eigenvalue weighted by Crippen LogP contribution is -2.45. The molecule has 1 unspecified atom stereocenters. The smallest absolute Gasteiger partial charge is 0.308 e. The van der Waals surface area contributed by atoms with E-state index in [4.69, 9.17) is 9.47 Å². The Hall–Kier alpha value is -3.17. The molecule has 4 rings (SSSR count). The van der Waals surface area contributed by atoms with Gasteiger partial charge in [0, 0.05) is 36.7 Å². The number of anilines is 1. The molecule has 1 amide bonds. The summed E-state index contributed by atoms with van der Waals surface area (Å²) >= 11 is 0. The Balaban J connectivity index is 1.68. The Morgan fingerprint density at radius 2 is 2.02 bits per heavy atom. The van der Waals surface area contributed by atoms with Crippen molar-refractivity contribution in [3.8, 4) is 11.5 Å². The van der Waals surface area contributed by atoms with Crippen LogP contribution in [0.5, 0.6) is 11.5 Å². The summed E-state index contributed by atoms with van der Waals surface area (Å²) < 4.78 is 13.1. The quantitative estimate of drug-likeness (QED) is 0.363. The number of amides is 1. The van der Waals surface area contributed by atoms with Gasteiger partial charge in [0.25, 0.3) is 0 Å². The van der Waals surface area contributed by atoms with Crippen molar-refractivity contribution in [2.24, 2.45) is 18.9 Å². The maximum atomic E-state index is 13.9. The first-order valence-electron chi connectivity index (χ1n) is 14.5. The minimum atomic E-state index is -0.866. The molecule has 1 aromatic carbocycles. The molecule has 40 heavy (non-hydrogen) atoms. The number of rotatable bonds is 13. The zero-order valence-electron chi connectivity index (χ0n) is 24.2. The molecular weight excluding hydrogens is 510 g/mol. The SMILES string of the molecule is CCCCN(C(=O)CN1C[C@H](c2cc(CO)c3c(c2)OCO3)[C@@H](C(=O)O)[C@@H]1CC(C)CCC)c1ccc[n+](C)c1. The number of fused-ring (bicyclic) bond motifs is 1. The van der Waals surface area contributed by atoms with Crippen LogP contribution in [-0.4, -0.2) is 59.5 Å². The molecule has 0 saturated carbocycles. The Labute approximate surface area is 237 Å². The van der Waals surface area contributed by atoms with Crippen LogP contribution >= 0.6 is 0 Å². The van der Waals surface area contributed by atoms with Gasteiger partial charge < -0.3 is 24.6 Å². The first kappa shape index (κ1) is 29.8. The van der Waals surface area contributed by atoms with E-state index >= 15 is 0 Å². The van der Waals surface area contributed by atoms with E-state index in [1.54, 1.807) is 0 Å². The molecular formula is C31H44N3O6+. The molecule has 4 atom stereocenters. The molecule has 1 saturated heterocycles. The molecule has 9 heteroatoms. The van der Waals surface area contributed by atoms with E-state index in [2.05, 4.69) is 25.7 Å². The fourth-order valence-electron chi connectivity index (χ4n) is 6.29. The number of likely N-dealkylation sites (tertiary alicyclic amines) is 1. The van der Waals surface area contributed by atoms with Crippen molar-refractivity contribution >= 4 is 17.6 Å². The van der Waals surface area contributed by atoms with Crippen molar-refractivity contribution < 1.29 is 33.8 Å². The third-order valence-corrected chi connectivity index (χ3v) is 8.24. The second kappa shape index (κ2) is 13.5. The Morgan fingerprint density at radius 1 is 1.23 bits per heavy atom. The van der Waals surface area contributed by atoms with Gasteiger partial charge in [0.05, 0.1) is 19.1 Å². The highest BCUT2D eigenvalue weighted by molar-refractivity contribution is 5.94. The van der Waals surface area contributed by atoms with Gasteiger partial charge >= 0.3 is 5.97 Å². The van der Waals surface area contributed by atoms with E-state index in [1.165, 1.54) is 0 Å². The van der Waals surface area contributed by atoms with Crippen LogP contribution in [0.4, 0.5) is 5.69 Å². The number of aliphatic carboxylic acids is 1. The van der Waals surface area contributed by atoms with Crippen LogP contribution < -0.4 is 18.9 Å². The number of pyridine rings is 1. The molecule has 0 radical (unpaired) electrons. The number of aliphatic hydroxyl groups is 1. The van der Waals surface area contributed by atoms with Gasteiger partial charge in [-0.2, -0.15) is 0 Å². The zero-order valence-corrected chi connectivity index (χ0v) is 24.2. The number of unbranched alkanes of at least 4 members (excludes halogenated alkanes) is 1. The number of aryl methyl sites for hydroxylation is 1. The number of aliphatic hydroxyl groups excluding tert-OH is 1. The number of hydrogen-bond donors (Lipinski definition) is 2. The average molecular weight is 555 g/mol. The number of carbonyl (C=O) groups is 2. The minimum Gasteiger partial charge on any atom is -0.481 e. The summed E-state index contributed by atoms with van der Waals surface area (Å²) in [4.78, 5) is 30.7. The molecule has 1 fully saturated rings. The van der Waals surface area contributed by atoms with Gasteiger partial charge in [0.2, 0.25) is 12.7 Å². The highest BCUT2D eigenvalue weighted by Crippen LogP contribution is 2.45. The van der Waals surface area contributed by atoms with Crippen molar-refractivity contribution in [1.82, 2.24) is 4.90 Å². The van der Waals surface area contributed by atoms with Crippen molar-refractivity contribution in [3.63, 3.8) is 0 Å². The van der Waals surface area contributed by atoms with E-state index in [0.29, 0.717) is 42.5 Å². The van der Waals surface area contributed by atoms with E-state index in [-0.39, 0.29) is 37.8 Å². The van der Waals surface area contributed by atoms with Crippen molar-refractivity contribution in [2.75, 3.05) is 31.3 Å². The van der Waals surface area contributed by atoms with Crippen LogP contribution in [0, 0.1) is 11.8 Å². The monoisotopic (exact) mass is 554 g/mol. The van der Waals surface area contributed by atoms with Crippen LogP contribution in [0.3, 0.4) is 0 Å². The summed E-state index contributed by atoms with van der Waals surface area (Å²) in [5.74, 6) is -0.589. The zero-order chi connectivity index (χ0) is 28.8. The highest BCUT2D eigenvalue weighted by atomic mass is 16.7. The lowest BCUT2D eigenvalue weighted by atomic mass is 9.81. The molecule has 0 spiro atoms. The van der Waals surface area contributed by atoms with Crippen molar-refractivity contribution in [3.05, 3.63) is 47.8 Å². The lowest BCUT2D eigenvalue weighted by Gasteiger charge is -2.31. The second-order valence-electron chi connectivity index (χ2n) is 11.3. The number of hydrogen-bond acceptors (Lipinski definition) is 6. The first-order chi connectivity index (χ1) is 19.3. The summed E-state index contributed by atoms with van der Waals surface area (Å²) in [6.07, 6.45) is 8.44. The number of benzene rings is 1. The van der Waals surface area contributed by atoms with Crippen LogP contribution in [0.2, 0.25) is 0 Å². The normalized spacial score (nSPS) is 21.0. The average Bonchev–Trinajstić information content (AvgIpc) is 3.53. The molecule has 1 aromatic heterocycles. The van der Waals surface area contributed by atoms with Crippen LogP contribution in [0.1, 0.15) is 69.9 Å². The lowest BCUT2D eigenvalue weighted by molar-refractivity contribution is -0.670. The standard InChI is InChI=1S/C31H43N3O6/c1-5-7-12-34(24-10-8-11-32(4)16-24)28(36)18-33-17-25(29(31(37)38)26(33)13-21(3)9-6-2)22-14-23(19-35)30-27(15-22)39-20-40-30/h8,10-11,14-16,21,25-26,29,35H,5-7,9,12-13,17-20H2,1-4H3/p+1/t21?,25-,26+,29-/m1/s1. The molecule has 2 aliphatic heterocycles. The Kier molecular flexibility index (Phi) is 10.0. The fourth-order valence-corrected chi connectivity index (χ4v) is 6.29. The molecule has 0 aliphatic carbocycles. The van der Waals surface area contributed by atoms with Crippen LogP contribution in [0.15, 0.2) is 36.7 Å². The van der Waals surface area contributed by atoms with Gasteiger partial charge in [0.1, 0.15) is 12.7 Å². The predicted molar refractivity (Wildman–Crippen MR) is 151 cm³/mol. The maximum Gasteiger partial charge on any atom is 0.308 e. The second-order valence-corrected chi connectivity index (χ2v) is 11.3. The van der Waals surface area contributed by atoms with Gasteiger partial charge in [-0.1, -0.05) is 40.0 Å². The van der Waals surface area contributed by atoms with Crippen LogP contribution in [-0.2, 0) is 23.2 Å². The molecule has 2 aromatic rings. The molecule has 0 bridgehead atoms. The first-order valence-corrected chi connectivity index (χ1v) is 14.5. The molecule has 2 N–H and O–H groups in total. The number of aromatic nitrogens is 1. The highest BCUT2D eigenvalue weighted by Gasteiger charge is 2.48. The van der Waals surface area contributed by atoms with E-state index in [0.717, 1.165) is 36.9 Å². The number of ether oxygens (including phenoxy) is 2. The van der Waals surface area contributed by atoms with Crippen LogP contribution in [0.25, 0.3) is 0 Å². The summed E-state index contributed by atoms with van der Waals surface area (Å²) in [6, 6.07) is 7.27. The molecule has 218 valence electrons. The Morgan fingerprint density at radius 3 is 2.70 bits per heavy atom. The summed E-state index contributed by atoms with van der Waals surface area (Å²) in [7, 11) is 1.94. The van der Waals surface area contributed by atoms with Gasteiger partial charge in [-0.3, -0.25) is 14.5 Å². The summed E-state index contributed by atoms with van der Waals surface area (Å²) in [6.45, 7) is 7.43. The van der Waals surface area contributed by atoms with Gasteiger partial charge in [-0.25, -0.2) is 4.57 Å². The minimum absolute atomic E-state index is 0.0284. The van der Waals surface area contributed by atoms with Gasteiger partial charge in [-0.05, 0) is 42.5 Å². The molecule has 9 nitrogen and oxygen atoms in total. The fraction of sp³-hybridized carbons (Fsp3) is 0.581. The third kappa shape index (κ3) is 6.58. The van der Waals surface area contributed by atoms with Crippen molar-refractivity contribution in [2.45, 2.75) is 71.4 Å². The summed E-state index contributed by atoms with van der Waals surface area (Å²) in [5, 5.41) is 20.5. The Bertz CT molecular complexity index is 1190. The van der Waals surface area contributed by atoms with E-state index < -0.39 is 11.9 Å². The summed E-state index contributed by atoms with van der Waals surface area (Å²) in [5.41, 5.74) is 2.22. The third-order valence-electron chi connectivity index (χ3n) is 8.24. The number of nitrogens with zero attached hydrogens (tertiary/aromatic N) is 3. The number of carboxylic acid groups (broad SMARTS) is 1. The topological polar surface area (TPSA) is 103 Å².